The summed E-state index contributed by atoms with van der Waals surface area (Å²) in [7, 11) is 1.83. The van der Waals surface area contributed by atoms with Crippen molar-refractivity contribution in [2.45, 2.75) is 37.0 Å². The largest absolute Gasteiger partial charge is 0.490 e. The zero-order valence-electron chi connectivity index (χ0n) is 16.8. The van der Waals surface area contributed by atoms with Crippen LogP contribution in [0, 0.1) is 6.92 Å². The average molecular weight is 479 g/mol. The van der Waals surface area contributed by atoms with Gasteiger partial charge in [-0.1, -0.05) is 0 Å². The normalized spacial score (nSPS) is 19.6. The van der Waals surface area contributed by atoms with Crippen LogP contribution in [-0.4, -0.2) is 72.5 Å². The zero-order chi connectivity index (χ0) is 22.8. The van der Waals surface area contributed by atoms with E-state index in [0.717, 1.165) is 36.0 Å². The van der Waals surface area contributed by atoms with E-state index in [-0.39, 0.29) is 16.8 Å². The number of nitrogens with zero attached hydrogens (tertiary/aromatic N) is 4. The number of hydrogen-bond donors (Lipinski definition) is 1. The van der Waals surface area contributed by atoms with Gasteiger partial charge in [0.05, 0.1) is 39.9 Å². The molecule has 0 radical (unpaired) electrons. The highest BCUT2D eigenvalue weighted by atomic mass is 32.2. The first-order valence-corrected chi connectivity index (χ1v) is 11.1. The predicted molar refractivity (Wildman–Crippen MR) is 108 cm³/mol. The molecule has 31 heavy (non-hydrogen) atoms. The number of aryl methyl sites for hydroxylation is 2. The molecule has 4 rings (SSSR count). The minimum absolute atomic E-state index is 0.0802. The van der Waals surface area contributed by atoms with E-state index in [0.29, 0.717) is 12.2 Å². The topological polar surface area (TPSA) is 97.5 Å². The number of alkyl halides is 3. The molecule has 2 saturated heterocycles. The van der Waals surface area contributed by atoms with Crippen LogP contribution in [0.5, 0.6) is 0 Å². The summed E-state index contributed by atoms with van der Waals surface area (Å²) < 4.78 is 39.6. The van der Waals surface area contributed by atoms with Gasteiger partial charge < -0.3 is 14.7 Å². The van der Waals surface area contributed by atoms with Gasteiger partial charge in [0.1, 0.15) is 0 Å². The molecule has 13 heteroatoms. The van der Waals surface area contributed by atoms with Crippen molar-refractivity contribution in [3.8, 4) is 0 Å². The van der Waals surface area contributed by atoms with E-state index in [2.05, 4.69) is 15.5 Å². The van der Waals surface area contributed by atoms with Gasteiger partial charge in [-0.15, -0.1) is 23.1 Å². The third-order valence-electron chi connectivity index (χ3n) is 4.75. The summed E-state index contributed by atoms with van der Waals surface area (Å²) in [4.78, 5) is 27.6. The Hall–Kier alpha value is -2.12. The van der Waals surface area contributed by atoms with Crippen molar-refractivity contribution < 1.29 is 32.6 Å². The molecule has 1 spiro atoms. The third-order valence-corrected chi connectivity index (χ3v) is 7.15. The molecule has 2 aliphatic heterocycles. The Labute approximate surface area is 184 Å². The Morgan fingerprint density at radius 3 is 2.58 bits per heavy atom. The van der Waals surface area contributed by atoms with Gasteiger partial charge in [0.25, 0.3) is 5.91 Å². The molecule has 0 aromatic carbocycles. The molecule has 0 bridgehead atoms. The molecule has 2 aromatic rings. The first-order chi connectivity index (χ1) is 14.5. The van der Waals surface area contributed by atoms with Gasteiger partial charge in [0.15, 0.2) is 0 Å². The second-order valence-electron chi connectivity index (χ2n) is 7.36. The van der Waals surface area contributed by atoms with Crippen LogP contribution in [0.1, 0.15) is 27.5 Å². The van der Waals surface area contributed by atoms with E-state index in [1.807, 2.05) is 30.6 Å². The summed E-state index contributed by atoms with van der Waals surface area (Å²) in [6.45, 7) is 4.21. The first-order valence-electron chi connectivity index (χ1n) is 9.22. The van der Waals surface area contributed by atoms with Crippen LogP contribution in [-0.2, 0) is 23.2 Å². The Kier molecular flexibility index (Phi) is 6.96. The third kappa shape index (κ3) is 5.98. The number of thiazole rings is 1. The molecule has 2 fully saturated rings. The quantitative estimate of drug-likeness (QED) is 0.722. The number of carbonyl (C=O) groups is 2. The van der Waals surface area contributed by atoms with Gasteiger partial charge in [0.2, 0.25) is 0 Å². The average Bonchev–Trinajstić information content (AvgIpc) is 3.37. The Morgan fingerprint density at radius 1 is 1.39 bits per heavy atom. The van der Waals surface area contributed by atoms with Crippen LogP contribution < -0.4 is 0 Å². The van der Waals surface area contributed by atoms with E-state index >= 15 is 0 Å². The molecule has 1 atom stereocenters. The van der Waals surface area contributed by atoms with Crippen LogP contribution in [0.3, 0.4) is 0 Å². The molecule has 2 aliphatic rings. The SMILES string of the molecule is Cc1nc(COC2CSC3(C2)CN(C(=O)c2cnn(C)c2)C3)cs1.O=C(O)C(F)(F)F. The highest BCUT2D eigenvalue weighted by molar-refractivity contribution is 8.01. The lowest BCUT2D eigenvalue weighted by Gasteiger charge is -2.47. The molecular formula is C18H21F3N4O4S2. The van der Waals surface area contributed by atoms with E-state index < -0.39 is 12.1 Å². The summed E-state index contributed by atoms with van der Waals surface area (Å²) in [6, 6.07) is 0. The maximum absolute atomic E-state index is 12.4. The van der Waals surface area contributed by atoms with E-state index in [9.17, 15) is 18.0 Å². The summed E-state index contributed by atoms with van der Waals surface area (Å²) in [5, 5.41) is 14.3. The van der Waals surface area contributed by atoms with Crippen molar-refractivity contribution in [1.82, 2.24) is 19.7 Å². The first kappa shape index (κ1) is 23.5. The van der Waals surface area contributed by atoms with Crippen molar-refractivity contribution in [2.24, 2.45) is 7.05 Å². The molecule has 4 heterocycles. The molecule has 1 N–H and O–H groups in total. The van der Waals surface area contributed by atoms with Crippen LogP contribution in [0.4, 0.5) is 13.2 Å². The lowest BCUT2D eigenvalue weighted by Crippen LogP contribution is -2.60. The van der Waals surface area contributed by atoms with Gasteiger partial charge in [-0.3, -0.25) is 9.48 Å². The zero-order valence-corrected chi connectivity index (χ0v) is 18.4. The number of thioether (sulfide) groups is 1. The Balaban J connectivity index is 0.000000339. The monoisotopic (exact) mass is 478 g/mol. The number of hydrogen-bond acceptors (Lipinski definition) is 7. The number of aromatic nitrogens is 3. The fourth-order valence-corrected chi connectivity index (χ4v) is 5.46. The van der Waals surface area contributed by atoms with Crippen molar-refractivity contribution in [1.29, 1.82) is 0 Å². The number of halogens is 3. The van der Waals surface area contributed by atoms with E-state index in [1.54, 1.807) is 28.4 Å². The summed E-state index contributed by atoms with van der Waals surface area (Å²) in [6.07, 6.45) is -0.404. The van der Waals surface area contributed by atoms with E-state index in [1.165, 1.54) is 0 Å². The number of likely N-dealkylation sites (tertiary alicyclic amines) is 1. The molecule has 2 aromatic heterocycles. The van der Waals surface area contributed by atoms with Crippen molar-refractivity contribution in [3.05, 3.63) is 34.0 Å². The number of carboxylic acid groups (broad SMARTS) is 1. The number of rotatable bonds is 4. The lowest BCUT2D eigenvalue weighted by atomic mass is 9.92. The smallest absolute Gasteiger partial charge is 0.475 e. The van der Waals surface area contributed by atoms with E-state index in [4.69, 9.17) is 14.6 Å². The van der Waals surface area contributed by atoms with Crippen LogP contribution in [0.25, 0.3) is 0 Å². The minimum Gasteiger partial charge on any atom is -0.475 e. The summed E-state index contributed by atoms with van der Waals surface area (Å²) >= 11 is 3.60. The molecule has 1 unspecified atom stereocenters. The van der Waals surface area contributed by atoms with Crippen LogP contribution in [0.15, 0.2) is 17.8 Å². The fourth-order valence-electron chi connectivity index (χ4n) is 3.31. The number of ether oxygens (including phenoxy) is 1. The van der Waals surface area contributed by atoms with Crippen LogP contribution in [0.2, 0.25) is 0 Å². The molecular weight excluding hydrogens is 457 g/mol. The van der Waals surface area contributed by atoms with Gasteiger partial charge in [-0.25, -0.2) is 9.78 Å². The van der Waals surface area contributed by atoms with Crippen molar-refractivity contribution in [3.63, 3.8) is 0 Å². The molecule has 170 valence electrons. The predicted octanol–water partition coefficient (Wildman–Crippen LogP) is 2.74. The molecule has 8 nitrogen and oxygen atoms in total. The standard InChI is InChI=1S/C16H20N4O2S2.C2HF3O2/c1-11-18-13(7-23-11)6-22-14-3-16(24-8-14)9-20(10-16)15(21)12-4-17-19(2)5-12;3-2(4,5)1(6)7/h4-5,7,14H,3,6,8-10H2,1-2H3;(H,6,7). The van der Waals surface area contributed by atoms with Crippen molar-refractivity contribution in [2.75, 3.05) is 18.8 Å². The minimum atomic E-state index is -5.08. The maximum atomic E-state index is 12.4. The van der Waals surface area contributed by atoms with Crippen LogP contribution >= 0.6 is 23.1 Å². The second-order valence-corrected chi connectivity index (χ2v) is 9.91. The fraction of sp³-hybridized carbons (Fsp3) is 0.556. The molecule has 0 aliphatic carbocycles. The van der Waals surface area contributed by atoms with Gasteiger partial charge in [0, 0.05) is 37.5 Å². The van der Waals surface area contributed by atoms with Gasteiger partial charge in [-0.05, 0) is 13.3 Å². The highest BCUT2D eigenvalue weighted by Crippen LogP contribution is 2.46. The lowest BCUT2D eigenvalue weighted by molar-refractivity contribution is -0.192. The maximum Gasteiger partial charge on any atom is 0.490 e. The summed E-state index contributed by atoms with van der Waals surface area (Å²) in [5.41, 5.74) is 1.69. The molecule has 0 saturated carbocycles. The number of aliphatic carboxylic acids is 1. The number of amides is 1. The number of carboxylic acids is 1. The highest BCUT2D eigenvalue weighted by Gasteiger charge is 2.51. The number of carbonyl (C=O) groups excluding carboxylic acids is 1. The van der Waals surface area contributed by atoms with Crippen molar-refractivity contribution >= 4 is 35.0 Å². The van der Waals surface area contributed by atoms with Gasteiger partial charge >= 0.3 is 12.1 Å². The summed E-state index contributed by atoms with van der Waals surface area (Å²) in [5.74, 6) is -1.68. The Bertz CT molecular complexity index is 940. The Morgan fingerprint density at radius 2 is 2.06 bits per heavy atom. The second kappa shape index (κ2) is 9.17. The molecule has 1 amide bonds. The van der Waals surface area contributed by atoms with Gasteiger partial charge in [-0.2, -0.15) is 18.3 Å².